The molecule has 0 amide bonds. The van der Waals surface area contributed by atoms with E-state index in [-0.39, 0.29) is 6.10 Å². The van der Waals surface area contributed by atoms with Gasteiger partial charge in [-0.2, -0.15) is 0 Å². The Morgan fingerprint density at radius 2 is 1.74 bits per heavy atom. The van der Waals surface area contributed by atoms with Crippen LogP contribution < -0.4 is 5.73 Å². The third kappa shape index (κ3) is 3.15. The highest BCUT2D eigenvalue weighted by Gasteiger charge is 2.62. The molecule has 27 heavy (non-hydrogen) atoms. The lowest BCUT2D eigenvalue weighted by molar-refractivity contribution is -0.164. The van der Waals surface area contributed by atoms with Gasteiger partial charge in [-0.25, -0.2) is 0 Å². The van der Waals surface area contributed by atoms with Crippen LogP contribution in [0.1, 0.15) is 84.5 Å². The van der Waals surface area contributed by atoms with Gasteiger partial charge in [0, 0.05) is 12.5 Å². The number of carboxylic acid groups (broad SMARTS) is 1. The molecular weight excluding hydrogens is 338 g/mol. The first-order valence-electron chi connectivity index (χ1n) is 11.4. The first-order valence-corrected chi connectivity index (χ1v) is 11.4. The molecule has 0 unspecified atom stereocenters. The number of aliphatic hydroxyl groups excluding tert-OH is 1. The van der Waals surface area contributed by atoms with Gasteiger partial charge in [-0.15, -0.1) is 0 Å². The van der Waals surface area contributed by atoms with Crippen molar-refractivity contribution in [3.8, 4) is 0 Å². The zero-order chi connectivity index (χ0) is 19.4. The lowest BCUT2D eigenvalue weighted by Gasteiger charge is -2.62. The molecule has 4 N–H and O–H groups in total. The topological polar surface area (TPSA) is 83.5 Å². The lowest BCUT2D eigenvalue weighted by atomic mass is 9.44. The van der Waals surface area contributed by atoms with Crippen molar-refractivity contribution in [2.75, 3.05) is 0 Å². The molecule has 0 aliphatic heterocycles. The summed E-state index contributed by atoms with van der Waals surface area (Å²) in [5.74, 6) is 2.28. The maximum absolute atomic E-state index is 11.2. The van der Waals surface area contributed by atoms with Crippen molar-refractivity contribution in [2.45, 2.75) is 96.6 Å². The van der Waals surface area contributed by atoms with E-state index in [2.05, 4.69) is 13.8 Å². The summed E-state index contributed by atoms with van der Waals surface area (Å²) in [6.45, 7) is 4.97. The van der Waals surface area contributed by atoms with Crippen LogP contribution in [0.2, 0.25) is 0 Å². The average Bonchev–Trinajstić information content (AvgIpc) is 2.93. The highest BCUT2D eigenvalue weighted by atomic mass is 16.4. The highest BCUT2D eigenvalue weighted by molar-refractivity contribution is 5.66. The van der Waals surface area contributed by atoms with Crippen molar-refractivity contribution in [3.63, 3.8) is 0 Å². The number of carboxylic acids is 1. The maximum atomic E-state index is 11.2. The Bertz CT molecular complexity index is 580. The van der Waals surface area contributed by atoms with E-state index in [9.17, 15) is 9.90 Å². The zero-order valence-electron chi connectivity index (χ0n) is 17.2. The van der Waals surface area contributed by atoms with Gasteiger partial charge in [0.1, 0.15) is 0 Å². The summed E-state index contributed by atoms with van der Waals surface area (Å²) >= 11 is 0. The molecule has 4 saturated carbocycles. The van der Waals surface area contributed by atoms with Crippen LogP contribution >= 0.6 is 0 Å². The number of fused-ring (bicyclic) bond motifs is 5. The number of aliphatic hydroxyl groups is 1. The van der Waals surface area contributed by atoms with Crippen molar-refractivity contribution in [1.29, 1.82) is 0 Å². The van der Waals surface area contributed by atoms with Crippen LogP contribution in [-0.2, 0) is 4.79 Å². The van der Waals surface area contributed by atoms with Crippen molar-refractivity contribution >= 4 is 5.97 Å². The van der Waals surface area contributed by atoms with Gasteiger partial charge in [0.25, 0.3) is 0 Å². The van der Waals surface area contributed by atoms with Crippen LogP contribution in [0.3, 0.4) is 0 Å². The summed E-state index contributed by atoms with van der Waals surface area (Å²) in [6.07, 6.45) is 11.4. The minimum absolute atomic E-state index is 0.166. The number of nitrogens with two attached hydrogens (primary N) is 1. The van der Waals surface area contributed by atoms with E-state index in [1.165, 1.54) is 32.1 Å². The van der Waals surface area contributed by atoms with Crippen LogP contribution in [0.4, 0.5) is 0 Å². The molecule has 4 aliphatic carbocycles. The first kappa shape index (κ1) is 19.7. The van der Waals surface area contributed by atoms with Gasteiger partial charge < -0.3 is 15.9 Å². The predicted octanol–water partition coefficient (Wildman–Crippen LogP) is 4.20. The molecule has 0 saturated heterocycles. The summed E-state index contributed by atoms with van der Waals surface area (Å²) in [5.41, 5.74) is 6.95. The van der Waals surface area contributed by atoms with Crippen LogP contribution in [-0.4, -0.2) is 28.3 Å². The van der Waals surface area contributed by atoms with Gasteiger partial charge in [0.05, 0.1) is 6.10 Å². The zero-order valence-corrected chi connectivity index (χ0v) is 17.2. The fourth-order valence-corrected chi connectivity index (χ4v) is 8.34. The molecule has 0 radical (unpaired) electrons. The average molecular weight is 378 g/mol. The molecule has 4 aliphatic rings. The summed E-state index contributed by atoms with van der Waals surface area (Å²) in [6, 6.07) is 0.325. The molecule has 154 valence electrons. The third-order valence-electron chi connectivity index (χ3n) is 9.86. The van der Waals surface area contributed by atoms with Crippen LogP contribution in [0.25, 0.3) is 0 Å². The minimum atomic E-state index is -0.671. The lowest BCUT2D eigenvalue weighted by Crippen LogP contribution is -2.59. The molecule has 4 fully saturated rings. The molecule has 9 atom stereocenters. The van der Waals surface area contributed by atoms with E-state index in [1.54, 1.807) is 0 Å². The number of hydrogen-bond acceptors (Lipinski definition) is 3. The molecule has 0 heterocycles. The molecule has 4 heteroatoms. The summed E-state index contributed by atoms with van der Waals surface area (Å²) in [5, 5.41) is 20.2. The van der Waals surface area contributed by atoms with Crippen LogP contribution in [0, 0.1) is 40.4 Å². The molecule has 0 aromatic heterocycles. The van der Waals surface area contributed by atoms with E-state index in [1.807, 2.05) is 0 Å². The maximum Gasteiger partial charge on any atom is 0.303 e. The number of hydrogen-bond donors (Lipinski definition) is 3. The van der Waals surface area contributed by atoms with Gasteiger partial charge in [0.2, 0.25) is 0 Å². The van der Waals surface area contributed by atoms with Gasteiger partial charge >= 0.3 is 5.97 Å². The molecular formula is C23H39NO3. The molecule has 4 nitrogen and oxygen atoms in total. The van der Waals surface area contributed by atoms with Gasteiger partial charge in [-0.1, -0.05) is 13.8 Å². The van der Waals surface area contributed by atoms with Crippen molar-refractivity contribution in [2.24, 2.45) is 46.2 Å². The van der Waals surface area contributed by atoms with E-state index in [4.69, 9.17) is 10.8 Å². The van der Waals surface area contributed by atoms with E-state index < -0.39 is 5.97 Å². The second-order valence-corrected chi connectivity index (χ2v) is 10.9. The van der Waals surface area contributed by atoms with E-state index in [0.717, 1.165) is 32.1 Å². The van der Waals surface area contributed by atoms with E-state index in [0.29, 0.717) is 52.9 Å². The van der Waals surface area contributed by atoms with Crippen molar-refractivity contribution < 1.29 is 15.0 Å². The van der Waals surface area contributed by atoms with Crippen LogP contribution in [0.5, 0.6) is 0 Å². The number of carbonyl (C=O) groups is 1. The standard InChI is InChI=1S/C23H39NO3/c1-22-11-9-18-21(17(22)7-6-14(22)4-3-5-20(26)27)19(25)13-15-12-16(24)8-10-23(15,18)2/h14-19,21,25H,3-13,24H2,1-2H3,(H,26,27)/t14-,15-,16+,17-,18-,19+,21-,22+,23-/m0/s1. The van der Waals surface area contributed by atoms with Gasteiger partial charge in [-0.05, 0) is 105 Å². The Hall–Kier alpha value is -0.610. The Morgan fingerprint density at radius 3 is 2.48 bits per heavy atom. The third-order valence-corrected chi connectivity index (χ3v) is 9.86. The first-order chi connectivity index (χ1) is 12.8. The fourth-order valence-electron chi connectivity index (χ4n) is 8.34. The Balaban J connectivity index is 1.53. The van der Waals surface area contributed by atoms with Gasteiger partial charge in [-0.3, -0.25) is 4.79 Å². The Labute approximate surface area is 164 Å². The van der Waals surface area contributed by atoms with Gasteiger partial charge in [0.15, 0.2) is 0 Å². The second-order valence-electron chi connectivity index (χ2n) is 10.9. The fraction of sp³-hybridized carbons (Fsp3) is 0.957. The second kappa shape index (κ2) is 7.02. The largest absolute Gasteiger partial charge is 0.481 e. The van der Waals surface area contributed by atoms with Crippen molar-refractivity contribution in [3.05, 3.63) is 0 Å². The molecule has 0 aromatic carbocycles. The summed E-state index contributed by atoms with van der Waals surface area (Å²) < 4.78 is 0. The highest BCUT2D eigenvalue weighted by Crippen LogP contribution is 2.67. The minimum Gasteiger partial charge on any atom is -0.481 e. The van der Waals surface area contributed by atoms with E-state index >= 15 is 0 Å². The molecule has 0 spiro atoms. The predicted molar refractivity (Wildman–Crippen MR) is 106 cm³/mol. The summed E-state index contributed by atoms with van der Waals surface area (Å²) in [7, 11) is 0. The normalized spacial score (nSPS) is 51.9. The Morgan fingerprint density at radius 1 is 1.04 bits per heavy atom. The smallest absolute Gasteiger partial charge is 0.303 e. The molecule has 4 rings (SSSR count). The Kier molecular flexibility index (Phi) is 5.12. The number of rotatable bonds is 4. The van der Waals surface area contributed by atoms with Crippen LogP contribution in [0.15, 0.2) is 0 Å². The van der Waals surface area contributed by atoms with Crippen molar-refractivity contribution in [1.82, 2.24) is 0 Å². The molecule has 0 bridgehead atoms. The summed E-state index contributed by atoms with van der Waals surface area (Å²) in [4.78, 5) is 10.9. The SMILES string of the molecule is C[C@]12CC[C@@H](N)C[C@H]1C[C@@H](O)[C@@H]1[C@@H]2CC[C@]2(C)[C@@H](CCCC(=O)O)CC[C@@H]12. The quantitative estimate of drug-likeness (QED) is 0.686. The molecule has 0 aromatic rings. The number of aliphatic carboxylic acids is 1. The monoisotopic (exact) mass is 377 g/mol.